The second-order valence-corrected chi connectivity index (χ2v) is 5.07. The van der Waals surface area contributed by atoms with Crippen molar-refractivity contribution >= 4 is 29.0 Å². The normalized spacial score (nSPS) is 10.3. The third-order valence-electron chi connectivity index (χ3n) is 2.46. The van der Waals surface area contributed by atoms with Crippen LogP contribution in [0.15, 0.2) is 47.4 Å². The van der Waals surface area contributed by atoms with Gasteiger partial charge in [-0.05, 0) is 36.4 Å². The van der Waals surface area contributed by atoms with Crippen LogP contribution in [0.25, 0.3) is 0 Å². The van der Waals surface area contributed by atoms with Gasteiger partial charge in [0, 0.05) is 4.90 Å². The number of anilines is 2. The summed E-state index contributed by atoms with van der Waals surface area (Å²) in [6.45, 7) is 0. The van der Waals surface area contributed by atoms with Crippen LogP contribution in [-0.4, -0.2) is 11.7 Å². The van der Waals surface area contributed by atoms with E-state index in [2.05, 4.69) is 5.32 Å². The second-order valence-electron chi connectivity index (χ2n) is 4.03. The minimum absolute atomic E-state index is 0.0827. The van der Waals surface area contributed by atoms with E-state index in [1.54, 1.807) is 12.1 Å². The fraction of sp³-hybridized carbons (Fsp3) is 0.0714. The molecule has 0 atom stereocenters. The summed E-state index contributed by atoms with van der Waals surface area (Å²) in [7, 11) is 0. The summed E-state index contributed by atoms with van der Waals surface area (Å²) in [4.78, 5) is 12.4. The van der Waals surface area contributed by atoms with E-state index in [1.165, 1.54) is 36.0 Å². The molecule has 0 saturated carbocycles. The van der Waals surface area contributed by atoms with E-state index in [0.717, 1.165) is 6.07 Å². The Morgan fingerprint density at radius 2 is 1.90 bits per heavy atom. The number of nitrogen functional groups attached to an aromatic ring is 1. The molecule has 3 N–H and O–H groups in total. The Balaban J connectivity index is 1.94. The maximum atomic E-state index is 13.0. The number of rotatable bonds is 4. The van der Waals surface area contributed by atoms with Crippen molar-refractivity contribution in [3.05, 3.63) is 54.1 Å². The van der Waals surface area contributed by atoms with Crippen molar-refractivity contribution in [2.75, 3.05) is 16.8 Å². The Morgan fingerprint density at radius 1 is 1.15 bits per heavy atom. The summed E-state index contributed by atoms with van der Waals surface area (Å²) in [5.41, 5.74) is 6.15. The first kappa shape index (κ1) is 14.3. The van der Waals surface area contributed by atoms with E-state index in [1.807, 2.05) is 0 Å². The molecule has 0 heterocycles. The Morgan fingerprint density at radius 3 is 2.65 bits per heavy atom. The summed E-state index contributed by atoms with van der Waals surface area (Å²) >= 11 is 1.19. The summed E-state index contributed by atoms with van der Waals surface area (Å²) < 4.78 is 26.0. The summed E-state index contributed by atoms with van der Waals surface area (Å²) in [5, 5.41) is 2.52. The predicted octanol–water partition coefficient (Wildman–Crippen LogP) is 3.28. The maximum absolute atomic E-state index is 13.0. The van der Waals surface area contributed by atoms with E-state index in [0.29, 0.717) is 4.90 Å². The molecule has 2 aromatic carbocycles. The molecule has 6 heteroatoms. The average Bonchev–Trinajstić information content (AvgIpc) is 2.41. The third-order valence-corrected chi connectivity index (χ3v) is 3.45. The van der Waals surface area contributed by atoms with Gasteiger partial charge in [-0.2, -0.15) is 0 Å². The van der Waals surface area contributed by atoms with Gasteiger partial charge in [-0.25, -0.2) is 8.78 Å². The molecule has 2 rings (SSSR count). The van der Waals surface area contributed by atoms with Crippen LogP contribution in [0.5, 0.6) is 0 Å². The van der Waals surface area contributed by atoms with Gasteiger partial charge in [0.25, 0.3) is 0 Å². The van der Waals surface area contributed by atoms with Crippen molar-refractivity contribution in [3.8, 4) is 0 Å². The van der Waals surface area contributed by atoms with Crippen LogP contribution in [-0.2, 0) is 4.79 Å². The predicted molar refractivity (Wildman–Crippen MR) is 76.6 cm³/mol. The number of thioether (sulfide) groups is 1. The van der Waals surface area contributed by atoms with Crippen molar-refractivity contribution in [2.24, 2.45) is 0 Å². The van der Waals surface area contributed by atoms with Crippen LogP contribution in [0.4, 0.5) is 20.2 Å². The number of hydrogen-bond donors (Lipinski definition) is 2. The van der Waals surface area contributed by atoms with Crippen molar-refractivity contribution in [1.82, 2.24) is 0 Å². The monoisotopic (exact) mass is 294 g/mol. The Kier molecular flexibility index (Phi) is 4.57. The lowest BCUT2D eigenvalue weighted by molar-refractivity contribution is -0.113. The molecule has 0 aromatic heterocycles. The zero-order valence-corrected chi connectivity index (χ0v) is 11.2. The Bertz CT molecular complexity index is 634. The Labute approximate surface area is 119 Å². The van der Waals surface area contributed by atoms with Crippen LogP contribution in [0.3, 0.4) is 0 Å². The summed E-state index contributed by atoms with van der Waals surface area (Å²) in [5.74, 6) is -1.09. The first-order valence-corrected chi connectivity index (χ1v) is 6.76. The van der Waals surface area contributed by atoms with Crippen LogP contribution in [0.1, 0.15) is 0 Å². The number of carbonyl (C=O) groups is 1. The molecule has 1 amide bonds. The van der Waals surface area contributed by atoms with Gasteiger partial charge in [0.15, 0.2) is 0 Å². The van der Waals surface area contributed by atoms with Crippen molar-refractivity contribution in [1.29, 1.82) is 0 Å². The summed E-state index contributed by atoms with van der Waals surface area (Å²) in [6.07, 6.45) is 0. The van der Waals surface area contributed by atoms with Gasteiger partial charge >= 0.3 is 0 Å². The van der Waals surface area contributed by atoms with Gasteiger partial charge < -0.3 is 11.1 Å². The molecule has 0 aliphatic carbocycles. The van der Waals surface area contributed by atoms with Gasteiger partial charge in [0.1, 0.15) is 11.6 Å². The number of hydrogen-bond acceptors (Lipinski definition) is 3. The van der Waals surface area contributed by atoms with Gasteiger partial charge in [0.2, 0.25) is 5.91 Å². The molecule has 20 heavy (non-hydrogen) atoms. The number of benzene rings is 2. The van der Waals surface area contributed by atoms with Crippen LogP contribution in [0.2, 0.25) is 0 Å². The molecule has 0 aliphatic heterocycles. The van der Waals surface area contributed by atoms with Crippen molar-refractivity contribution in [2.45, 2.75) is 4.90 Å². The number of nitrogens with two attached hydrogens (primary N) is 1. The molecule has 0 fully saturated rings. The number of amides is 1. The van der Waals surface area contributed by atoms with Crippen molar-refractivity contribution in [3.63, 3.8) is 0 Å². The quantitative estimate of drug-likeness (QED) is 0.672. The minimum atomic E-state index is -0.479. The van der Waals surface area contributed by atoms with Crippen molar-refractivity contribution < 1.29 is 13.6 Å². The molecule has 3 nitrogen and oxygen atoms in total. The summed E-state index contributed by atoms with van der Waals surface area (Å²) in [6, 6.07) is 9.70. The minimum Gasteiger partial charge on any atom is -0.397 e. The lowest BCUT2D eigenvalue weighted by atomic mass is 10.2. The SMILES string of the molecule is Nc1ccc(F)cc1NC(=O)CSc1cccc(F)c1. The maximum Gasteiger partial charge on any atom is 0.234 e. The molecule has 0 aliphatic rings. The molecule has 0 saturated heterocycles. The van der Waals surface area contributed by atoms with Gasteiger partial charge in [-0.15, -0.1) is 11.8 Å². The molecular weight excluding hydrogens is 282 g/mol. The number of halogens is 2. The third kappa shape index (κ3) is 3.96. The van der Waals surface area contributed by atoms with Gasteiger partial charge in [-0.3, -0.25) is 4.79 Å². The number of nitrogens with one attached hydrogen (secondary N) is 1. The Hall–Kier alpha value is -2.08. The lowest BCUT2D eigenvalue weighted by Crippen LogP contribution is -2.15. The second kappa shape index (κ2) is 6.38. The molecule has 104 valence electrons. The fourth-order valence-electron chi connectivity index (χ4n) is 1.53. The van der Waals surface area contributed by atoms with Crippen LogP contribution >= 0.6 is 11.8 Å². The van der Waals surface area contributed by atoms with E-state index < -0.39 is 5.82 Å². The largest absolute Gasteiger partial charge is 0.397 e. The van der Waals surface area contributed by atoms with Gasteiger partial charge in [0.05, 0.1) is 17.1 Å². The first-order valence-electron chi connectivity index (χ1n) is 5.78. The lowest BCUT2D eigenvalue weighted by Gasteiger charge is -2.08. The highest BCUT2D eigenvalue weighted by Crippen LogP contribution is 2.21. The molecule has 0 radical (unpaired) electrons. The molecular formula is C14H12F2N2OS. The zero-order valence-electron chi connectivity index (χ0n) is 10.4. The van der Waals surface area contributed by atoms with Crippen LogP contribution in [0, 0.1) is 11.6 Å². The first-order chi connectivity index (χ1) is 9.54. The molecule has 0 bridgehead atoms. The van der Waals surface area contributed by atoms with E-state index >= 15 is 0 Å². The highest BCUT2D eigenvalue weighted by molar-refractivity contribution is 8.00. The molecule has 0 spiro atoms. The average molecular weight is 294 g/mol. The topological polar surface area (TPSA) is 55.1 Å². The van der Waals surface area contributed by atoms with Gasteiger partial charge in [-0.1, -0.05) is 6.07 Å². The van der Waals surface area contributed by atoms with E-state index in [9.17, 15) is 13.6 Å². The fourth-order valence-corrected chi connectivity index (χ4v) is 2.27. The smallest absolute Gasteiger partial charge is 0.234 e. The number of carbonyl (C=O) groups excluding carboxylic acids is 1. The highest BCUT2D eigenvalue weighted by atomic mass is 32.2. The highest BCUT2D eigenvalue weighted by Gasteiger charge is 2.07. The van der Waals surface area contributed by atoms with E-state index in [-0.39, 0.29) is 28.9 Å². The van der Waals surface area contributed by atoms with E-state index in [4.69, 9.17) is 5.73 Å². The van der Waals surface area contributed by atoms with Crippen LogP contribution < -0.4 is 11.1 Å². The standard InChI is InChI=1S/C14H12F2N2OS/c15-9-2-1-3-11(6-9)20-8-14(19)18-13-7-10(16)4-5-12(13)17/h1-7H,8,17H2,(H,18,19). The molecule has 0 unspecified atom stereocenters. The zero-order chi connectivity index (χ0) is 14.5. The molecule has 2 aromatic rings.